The van der Waals surface area contributed by atoms with Gasteiger partial charge in [-0.05, 0) is 56.5 Å². The van der Waals surface area contributed by atoms with Crippen LogP contribution in [0.15, 0.2) is 41.0 Å². The maximum atomic E-state index is 12.6. The molecule has 0 bridgehead atoms. The molecule has 1 aromatic carbocycles. The largest absolute Gasteiger partial charge is 0.459 e. The van der Waals surface area contributed by atoms with E-state index in [1.54, 1.807) is 25.1 Å². The highest BCUT2D eigenvalue weighted by Gasteiger charge is 2.35. The number of carbonyl (C=O) groups is 3. The van der Waals surface area contributed by atoms with Crippen LogP contribution in [0, 0.1) is 18.3 Å². The summed E-state index contributed by atoms with van der Waals surface area (Å²) in [6, 6.07) is 10.1. The third-order valence-corrected chi connectivity index (χ3v) is 5.40. The molecule has 1 saturated carbocycles. The summed E-state index contributed by atoms with van der Waals surface area (Å²) in [6.45, 7) is 3.25. The Morgan fingerprint density at radius 3 is 2.58 bits per heavy atom. The maximum Gasteiger partial charge on any atom is 0.338 e. The van der Waals surface area contributed by atoms with Gasteiger partial charge in [-0.15, -0.1) is 0 Å². The molecule has 1 atom stereocenters. The van der Waals surface area contributed by atoms with E-state index in [1.165, 1.54) is 25.3 Å². The second-order valence-corrected chi connectivity index (χ2v) is 7.75. The van der Waals surface area contributed by atoms with Gasteiger partial charge in [0.25, 0.3) is 11.8 Å². The van der Waals surface area contributed by atoms with Gasteiger partial charge in [-0.3, -0.25) is 9.59 Å². The molecule has 8 nitrogen and oxygen atoms in total. The standard InChI is InChI=1S/C23H25N3O5/c1-15-8-9-17(13-18(15)25-21(28)19-7-6-12-30-19)22(29)31-16(2)20(27)26-23(14-24)10-4-3-5-11-23/h6-9,12-13,16H,3-5,10-11H2,1-2H3,(H,25,28)(H,26,27)/t16-/m0/s1. The Kier molecular flexibility index (Phi) is 6.75. The fraction of sp³-hybridized carbons (Fsp3) is 0.391. The molecule has 0 aliphatic heterocycles. The first-order chi connectivity index (χ1) is 14.8. The summed E-state index contributed by atoms with van der Waals surface area (Å²) >= 11 is 0. The van der Waals surface area contributed by atoms with Crippen LogP contribution in [0.1, 0.15) is 65.5 Å². The highest BCUT2D eigenvalue weighted by Crippen LogP contribution is 2.27. The average molecular weight is 423 g/mol. The number of rotatable bonds is 6. The van der Waals surface area contributed by atoms with Crippen molar-refractivity contribution < 1.29 is 23.5 Å². The lowest BCUT2D eigenvalue weighted by molar-refractivity contribution is -0.130. The Balaban J connectivity index is 1.65. The second-order valence-electron chi connectivity index (χ2n) is 7.75. The number of nitriles is 1. The Labute approximate surface area is 180 Å². The zero-order valence-electron chi connectivity index (χ0n) is 17.6. The monoisotopic (exact) mass is 423 g/mol. The molecular formula is C23H25N3O5. The number of carbonyl (C=O) groups excluding carboxylic acids is 3. The third-order valence-electron chi connectivity index (χ3n) is 5.40. The zero-order valence-corrected chi connectivity index (χ0v) is 17.6. The van der Waals surface area contributed by atoms with Crippen LogP contribution >= 0.6 is 0 Å². The van der Waals surface area contributed by atoms with Crippen LogP contribution in [0.3, 0.4) is 0 Å². The number of nitrogens with zero attached hydrogens (tertiary/aromatic N) is 1. The highest BCUT2D eigenvalue weighted by atomic mass is 16.5. The molecular weight excluding hydrogens is 398 g/mol. The van der Waals surface area contributed by atoms with Gasteiger partial charge in [-0.25, -0.2) is 4.79 Å². The SMILES string of the molecule is Cc1ccc(C(=O)O[C@@H](C)C(=O)NC2(C#N)CCCCC2)cc1NC(=O)c1ccco1. The molecule has 1 aliphatic carbocycles. The topological polar surface area (TPSA) is 121 Å². The maximum absolute atomic E-state index is 12.6. The van der Waals surface area contributed by atoms with Crippen LogP contribution in [0.4, 0.5) is 5.69 Å². The lowest BCUT2D eigenvalue weighted by Gasteiger charge is -2.32. The van der Waals surface area contributed by atoms with Gasteiger partial charge >= 0.3 is 5.97 Å². The summed E-state index contributed by atoms with van der Waals surface area (Å²) in [5, 5.41) is 15.0. The van der Waals surface area contributed by atoms with Crippen LogP contribution in [0.5, 0.6) is 0 Å². The Morgan fingerprint density at radius 1 is 1.19 bits per heavy atom. The van der Waals surface area contributed by atoms with Crippen molar-refractivity contribution in [2.45, 2.75) is 57.6 Å². The molecule has 162 valence electrons. The van der Waals surface area contributed by atoms with Crippen LogP contribution in [0.2, 0.25) is 0 Å². The van der Waals surface area contributed by atoms with Crippen molar-refractivity contribution in [3.63, 3.8) is 0 Å². The first kappa shape index (κ1) is 22.1. The molecule has 0 unspecified atom stereocenters. The predicted octanol–water partition coefficient (Wildman–Crippen LogP) is 3.73. The first-order valence-electron chi connectivity index (χ1n) is 10.2. The summed E-state index contributed by atoms with van der Waals surface area (Å²) < 4.78 is 10.4. The summed E-state index contributed by atoms with van der Waals surface area (Å²) in [5.74, 6) is -1.51. The fourth-order valence-electron chi connectivity index (χ4n) is 3.51. The molecule has 1 aromatic heterocycles. The minimum absolute atomic E-state index is 0.145. The molecule has 31 heavy (non-hydrogen) atoms. The van der Waals surface area contributed by atoms with E-state index in [0.29, 0.717) is 18.5 Å². The average Bonchev–Trinajstić information content (AvgIpc) is 3.31. The number of nitrogens with one attached hydrogen (secondary N) is 2. The molecule has 3 rings (SSSR count). The summed E-state index contributed by atoms with van der Waals surface area (Å²) in [5.41, 5.74) is 0.463. The number of esters is 1. The highest BCUT2D eigenvalue weighted by molar-refractivity contribution is 6.03. The number of hydrogen-bond acceptors (Lipinski definition) is 6. The number of aryl methyl sites for hydroxylation is 1. The molecule has 2 aromatic rings. The van der Waals surface area contributed by atoms with Gasteiger partial charge in [0.05, 0.1) is 17.9 Å². The molecule has 0 radical (unpaired) electrons. The molecule has 0 spiro atoms. The van der Waals surface area contributed by atoms with E-state index in [1.807, 2.05) is 0 Å². The normalized spacial score (nSPS) is 15.9. The van der Waals surface area contributed by atoms with Crippen molar-refractivity contribution in [2.24, 2.45) is 0 Å². The molecule has 1 aliphatic rings. The molecule has 0 saturated heterocycles. The smallest absolute Gasteiger partial charge is 0.338 e. The molecule has 1 heterocycles. The van der Waals surface area contributed by atoms with Crippen molar-refractivity contribution in [1.82, 2.24) is 5.32 Å². The number of anilines is 1. The van der Waals surface area contributed by atoms with Crippen LogP contribution in [-0.2, 0) is 9.53 Å². The van der Waals surface area contributed by atoms with Gasteiger partial charge in [-0.2, -0.15) is 5.26 Å². The number of ether oxygens (including phenoxy) is 1. The summed E-state index contributed by atoms with van der Waals surface area (Å²) in [4.78, 5) is 37.3. The van der Waals surface area contributed by atoms with Crippen LogP contribution in [0.25, 0.3) is 0 Å². The lowest BCUT2D eigenvalue weighted by atomic mass is 9.83. The van der Waals surface area contributed by atoms with E-state index in [9.17, 15) is 19.6 Å². The fourth-order valence-corrected chi connectivity index (χ4v) is 3.51. The van der Waals surface area contributed by atoms with E-state index in [0.717, 1.165) is 24.8 Å². The number of amides is 2. The van der Waals surface area contributed by atoms with Crippen LogP contribution < -0.4 is 10.6 Å². The number of benzene rings is 1. The third kappa shape index (κ3) is 5.31. The molecule has 2 N–H and O–H groups in total. The summed E-state index contributed by atoms with van der Waals surface area (Å²) in [6.07, 6.45) is 4.29. The number of hydrogen-bond donors (Lipinski definition) is 2. The van der Waals surface area contributed by atoms with Gasteiger partial charge in [0.2, 0.25) is 0 Å². The minimum atomic E-state index is -1.07. The van der Waals surface area contributed by atoms with Gasteiger partial charge < -0.3 is 19.8 Å². The van der Waals surface area contributed by atoms with Gasteiger partial charge in [0.15, 0.2) is 11.9 Å². The van der Waals surface area contributed by atoms with Crippen molar-refractivity contribution in [1.29, 1.82) is 5.26 Å². The van der Waals surface area contributed by atoms with Gasteiger partial charge in [0.1, 0.15) is 5.54 Å². The summed E-state index contributed by atoms with van der Waals surface area (Å²) in [7, 11) is 0. The van der Waals surface area contributed by atoms with Gasteiger partial charge in [0, 0.05) is 5.69 Å². The van der Waals surface area contributed by atoms with Crippen molar-refractivity contribution in [3.8, 4) is 6.07 Å². The van der Waals surface area contributed by atoms with Crippen molar-refractivity contribution in [2.75, 3.05) is 5.32 Å². The first-order valence-corrected chi connectivity index (χ1v) is 10.2. The number of furan rings is 1. The van der Waals surface area contributed by atoms with E-state index < -0.39 is 29.4 Å². The van der Waals surface area contributed by atoms with E-state index in [4.69, 9.17) is 9.15 Å². The van der Waals surface area contributed by atoms with E-state index >= 15 is 0 Å². The second kappa shape index (κ2) is 9.47. The molecule has 1 fully saturated rings. The zero-order chi connectivity index (χ0) is 22.4. The van der Waals surface area contributed by atoms with Crippen LogP contribution in [-0.4, -0.2) is 29.4 Å². The molecule has 2 amide bonds. The minimum Gasteiger partial charge on any atom is -0.459 e. The Morgan fingerprint density at radius 2 is 1.94 bits per heavy atom. The van der Waals surface area contributed by atoms with E-state index in [-0.39, 0.29) is 11.3 Å². The van der Waals surface area contributed by atoms with E-state index in [2.05, 4.69) is 16.7 Å². The van der Waals surface area contributed by atoms with Gasteiger partial charge in [-0.1, -0.05) is 25.3 Å². The Hall–Kier alpha value is -3.60. The predicted molar refractivity (Wildman–Crippen MR) is 112 cm³/mol. The Bertz CT molecular complexity index is 1000. The van der Waals surface area contributed by atoms with Crippen molar-refractivity contribution in [3.05, 3.63) is 53.5 Å². The van der Waals surface area contributed by atoms with Crippen molar-refractivity contribution >= 4 is 23.5 Å². The lowest BCUT2D eigenvalue weighted by Crippen LogP contribution is -2.52. The quantitative estimate of drug-likeness (QED) is 0.683. The molecule has 8 heteroatoms.